The fourth-order valence-corrected chi connectivity index (χ4v) is 14.1. The van der Waals surface area contributed by atoms with E-state index in [2.05, 4.69) is 63.2 Å². The van der Waals surface area contributed by atoms with Crippen LogP contribution in [0.3, 0.4) is 0 Å². The summed E-state index contributed by atoms with van der Waals surface area (Å²) in [6.45, 7) is 8.69. The molecule has 1 heterocycles. The van der Waals surface area contributed by atoms with Crippen molar-refractivity contribution in [2.45, 2.75) is 64.5 Å². The van der Waals surface area contributed by atoms with Gasteiger partial charge in [0.25, 0.3) is 8.32 Å². The molecule has 300 valence electrons. The molecule has 5 aromatic rings. The number of carbonyl (C=O) groups excluding carboxylic acids is 2. The number of hydrogen-bond donors (Lipinski definition) is 3. The van der Waals surface area contributed by atoms with Gasteiger partial charge < -0.3 is 19.7 Å². The second kappa shape index (κ2) is 17.4. The van der Waals surface area contributed by atoms with E-state index in [-0.39, 0.29) is 42.2 Å². The molecule has 5 aromatic carbocycles. The molecule has 1 aliphatic heterocycles. The van der Waals surface area contributed by atoms with Crippen LogP contribution in [-0.4, -0.2) is 66.2 Å². The number of fused-ring (bicyclic) bond motifs is 2. The molecule has 1 aliphatic carbocycles. The molecule has 7 nitrogen and oxygen atoms in total. The van der Waals surface area contributed by atoms with Gasteiger partial charge in [-0.2, -0.15) is 0 Å². The van der Waals surface area contributed by atoms with E-state index >= 15 is 0 Å². The molecule has 2 amide bonds. The smallest absolute Gasteiger partial charge is 0.261 e. The quantitative estimate of drug-likeness (QED) is 0.0454. The average Bonchev–Trinajstić information content (AvgIpc) is 3.47. The summed E-state index contributed by atoms with van der Waals surface area (Å²) in [6.07, 6.45) is 2.79. The molecule has 0 aromatic heterocycles. The second-order valence-corrected chi connectivity index (χ2v) is 21.1. The highest BCUT2D eigenvalue weighted by Crippen LogP contribution is 2.47. The Morgan fingerprint density at radius 2 is 1.41 bits per heavy atom. The normalized spacial score (nSPS) is 19.5. The Bertz CT molecular complexity index is 2260. The van der Waals surface area contributed by atoms with Crippen LogP contribution in [0.25, 0.3) is 22.4 Å². The van der Waals surface area contributed by atoms with Crippen LogP contribution >= 0.6 is 0 Å². The Hall–Kier alpha value is -5.12. The number of hydrogen-bond acceptors (Lipinski definition) is 6. The van der Waals surface area contributed by atoms with Crippen molar-refractivity contribution in [3.05, 3.63) is 150 Å². The van der Waals surface area contributed by atoms with E-state index in [1.807, 2.05) is 91.9 Å². The van der Waals surface area contributed by atoms with Gasteiger partial charge in [0.2, 0.25) is 11.8 Å². The van der Waals surface area contributed by atoms with Crippen molar-refractivity contribution in [3.8, 4) is 5.75 Å². The molecule has 0 spiro atoms. The molecule has 1 fully saturated rings. The summed E-state index contributed by atoms with van der Waals surface area (Å²) in [6, 6.07) is 42.2. The number of amides is 2. The Kier molecular flexibility index (Phi) is 12.3. The molecule has 3 N–H and O–H groups in total. The third-order valence-electron chi connectivity index (χ3n) is 12.3. The van der Waals surface area contributed by atoms with Gasteiger partial charge in [-0.05, 0) is 80.4 Å². The zero-order chi connectivity index (χ0) is 41.0. The van der Waals surface area contributed by atoms with Crippen molar-refractivity contribution in [2.75, 3.05) is 19.8 Å². The van der Waals surface area contributed by atoms with Crippen molar-refractivity contribution in [2.24, 2.45) is 17.8 Å². The molecule has 7 rings (SSSR count). The van der Waals surface area contributed by atoms with Crippen LogP contribution in [0.5, 0.6) is 5.75 Å². The molecular formula is C50H55NO6Si. The first kappa shape index (κ1) is 41.1. The molecule has 2 aliphatic rings. The van der Waals surface area contributed by atoms with Crippen LogP contribution in [-0.2, 0) is 14.0 Å². The monoisotopic (exact) mass is 793 g/mol. The lowest BCUT2D eigenvalue weighted by atomic mass is 9.68. The summed E-state index contributed by atoms with van der Waals surface area (Å²) in [5.74, 6) is -2.38. The van der Waals surface area contributed by atoms with Crippen LogP contribution in [0.1, 0.15) is 64.5 Å². The highest BCUT2D eigenvalue weighted by Gasteiger charge is 2.56. The number of aliphatic hydroxyl groups is 2. The maximum Gasteiger partial charge on any atom is 0.261 e. The van der Waals surface area contributed by atoms with E-state index in [0.29, 0.717) is 31.4 Å². The maximum absolute atomic E-state index is 14.0. The van der Waals surface area contributed by atoms with Crippen LogP contribution in [0.4, 0.5) is 0 Å². The van der Waals surface area contributed by atoms with Gasteiger partial charge >= 0.3 is 0 Å². The number of carbonyl (C=O) groups is 2. The predicted molar refractivity (Wildman–Crippen MR) is 235 cm³/mol. The minimum atomic E-state index is -3.04. The molecule has 0 saturated carbocycles. The summed E-state index contributed by atoms with van der Waals surface area (Å²) in [5.41, 5.74) is 4.35. The molecule has 58 heavy (non-hydrogen) atoms. The highest BCUT2D eigenvalue weighted by atomic mass is 28.4. The largest absolute Gasteiger partial charge is 0.507 e. The second-order valence-electron chi connectivity index (χ2n) is 16.8. The summed E-state index contributed by atoms with van der Waals surface area (Å²) < 4.78 is 7.44. The number of aromatic hydroxyl groups is 1. The molecule has 0 unspecified atom stereocenters. The van der Waals surface area contributed by atoms with Crippen molar-refractivity contribution >= 4 is 52.9 Å². The van der Waals surface area contributed by atoms with Crippen LogP contribution < -0.4 is 10.4 Å². The van der Waals surface area contributed by atoms with Gasteiger partial charge in [-0.3, -0.25) is 14.5 Å². The first-order valence-electron chi connectivity index (χ1n) is 20.6. The van der Waals surface area contributed by atoms with Gasteiger partial charge in [-0.1, -0.05) is 155 Å². The third kappa shape index (κ3) is 7.74. The fourth-order valence-electron chi connectivity index (χ4n) is 9.58. The van der Waals surface area contributed by atoms with E-state index in [1.54, 1.807) is 6.07 Å². The number of aliphatic hydroxyl groups excluding tert-OH is 2. The average molecular weight is 794 g/mol. The predicted octanol–water partition coefficient (Wildman–Crippen LogP) is 8.12. The lowest BCUT2D eigenvalue weighted by Gasteiger charge is -2.44. The van der Waals surface area contributed by atoms with Crippen LogP contribution in [0.2, 0.25) is 5.04 Å². The van der Waals surface area contributed by atoms with Gasteiger partial charge in [-0.25, -0.2) is 0 Å². The Morgan fingerprint density at radius 3 is 2.00 bits per heavy atom. The summed E-state index contributed by atoms with van der Waals surface area (Å²) in [5, 5.41) is 37.9. The topological polar surface area (TPSA) is 107 Å². The van der Waals surface area contributed by atoms with Crippen molar-refractivity contribution < 1.29 is 29.3 Å². The first-order valence-corrected chi connectivity index (χ1v) is 22.5. The minimum Gasteiger partial charge on any atom is -0.507 e. The minimum absolute atomic E-state index is 0.148. The van der Waals surface area contributed by atoms with E-state index in [0.717, 1.165) is 43.4 Å². The Balaban J connectivity index is 1.31. The Morgan fingerprint density at radius 1 is 0.828 bits per heavy atom. The summed E-state index contributed by atoms with van der Waals surface area (Å²) in [7, 11) is -3.04. The van der Waals surface area contributed by atoms with Gasteiger partial charge in [0.05, 0.1) is 31.2 Å². The number of phenols is 1. The fraction of sp³-hybridized carbons (Fsp3) is 0.320. The van der Waals surface area contributed by atoms with Crippen molar-refractivity contribution in [1.29, 1.82) is 0 Å². The Labute approximate surface area is 343 Å². The van der Waals surface area contributed by atoms with E-state index < -0.39 is 32.2 Å². The lowest BCUT2D eigenvalue weighted by Crippen LogP contribution is -2.66. The zero-order valence-corrected chi connectivity index (χ0v) is 35.0. The summed E-state index contributed by atoms with van der Waals surface area (Å²) >= 11 is 0. The molecule has 1 saturated heterocycles. The van der Waals surface area contributed by atoms with E-state index in [1.165, 1.54) is 4.90 Å². The number of phenolic OH excluding ortho intramolecular Hbond substituents is 1. The SMILES string of the molecule is CCCN1C(=O)[C@@H]2[C@@H](CC(CO[Si](c3ccccc3)(c3ccccc3)C(C)(C)C)=C([C@H](O)CC/C(=C/c3ccc(O)c4ccccc34)c3ccccc3)[C@@H]2CO)C1=O. The molecule has 4 atom stereocenters. The number of nitrogens with zero attached hydrogens (tertiary/aromatic N) is 1. The van der Waals surface area contributed by atoms with E-state index in [9.17, 15) is 24.9 Å². The zero-order valence-electron chi connectivity index (χ0n) is 34.0. The lowest BCUT2D eigenvalue weighted by molar-refractivity contribution is -0.140. The van der Waals surface area contributed by atoms with Gasteiger partial charge in [0.15, 0.2) is 0 Å². The number of likely N-dealkylation sites (tertiary alicyclic amines) is 1. The first-order chi connectivity index (χ1) is 28.0. The van der Waals surface area contributed by atoms with E-state index in [4.69, 9.17) is 4.43 Å². The van der Waals surface area contributed by atoms with Gasteiger partial charge in [-0.15, -0.1) is 0 Å². The number of imide groups is 1. The van der Waals surface area contributed by atoms with Gasteiger partial charge in [0.1, 0.15) is 5.75 Å². The summed E-state index contributed by atoms with van der Waals surface area (Å²) in [4.78, 5) is 29.4. The number of rotatable bonds is 14. The molecular weight excluding hydrogens is 739 g/mol. The number of benzene rings is 5. The van der Waals surface area contributed by atoms with Gasteiger partial charge in [0, 0.05) is 17.8 Å². The number of allylic oxidation sites excluding steroid dienone is 1. The van der Waals surface area contributed by atoms with Crippen LogP contribution in [0, 0.1) is 17.8 Å². The van der Waals surface area contributed by atoms with Crippen molar-refractivity contribution in [3.63, 3.8) is 0 Å². The standard InChI is InChI=1S/C50H55NO6Si/c1-5-29-51-48(55)42-31-37(33-57-58(50(2,3)4,38-19-11-7-12-20-38)39-21-13-8-14-22-39)46(43(32-52)47(42)49(51)56)45(54)28-25-35(34-17-9-6-10-18-34)30-36-26-27-44(53)41-24-16-15-23-40(36)41/h6-24,26-27,30,42-43,45,47,52-54H,5,25,28-29,31-33H2,1-4H3/b35-30-/t42-,43+,45-,47-/m1/s1. The molecule has 0 bridgehead atoms. The molecule has 8 heteroatoms. The van der Waals surface area contributed by atoms with Crippen LogP contribution in [0.15, 0.2) is 139 Å². The van der Waals surface area contributed by atoms with Crippen molar-refractivity contribution in [1.82, 2.24) is 4.90 Å². The maximum atomic E-state index is 14.0. The third-order valence-corrected chi connectivity index (χ3v) is 17.2. The highest BCUT2D eigenvalue weighted by molar-refractivity contribution is 6.99. The molecule has 0 radical (unpaired) electrons.